The molecule has 2 aliphatic carbocycles. The lowest BCUT2D eigenvalue weighted by Crippen LogP contribution is -2.42. The van der Waals surface area contributed by atoms with E-state index in [-0.39, 0.29) is 12.2 Å². The van der Waals surface area contributed by atoms with Crippen LogP contribution in [0.4, 0.5) is 26.3 Å². The van der Waals surface area contributed by atoms with Crippen LogP contribution in [-0.4, -0.2) is 25.9 Å². The van der Waals surface area contributed by atoms with Crippen LogP contribution in [0.1, 0.15) is 62.0 Å². The van der Waals surface area contributed by atoms with E-state index in [0.29, 0.717) is 24.0 Å². The number of rotatable bonds is 7. The van der Waals surface area contributed by atoms with E-state index in [0.717, 1.165) is 56.4 Å². The van der Waals surface area contributed by atoms with Crippen molar-refractivity contribution < 1.29 is 45.3 Å². The average molecular weight is 545 g/mol. The molecule has 2 saturated carbocycles. The van der Waals surface area contributed by atoms with E-state index in [1.807, 2.05) is 0 Å². The summed E-state index contributed by atoms with van der Waals surface area (Å²) in [6.45, 7) is 1.54. The molecule has 0 bridgehead atoms. The van der Waals surface area contributed by atoms with Gasteiger partial charge in [-0.25, -0.2) is 4.39 Å². The standard InChI is InChI=1S/C28H30F6O4/c29-24-14-23(12-13-25(24)38-28(32,33)34)37-27(30,31)22-10-8-19(9-11-22)18-4-6-20(7-5-18)26-35-15-21(16-36-26)17-2-1-3-17/h8-14,17-18,20-21,26H,1-7,15-16H2. The topological polar surface area (TPSA) is 36.9 Å². The van der Waals surface area contributed by atoms with Gasteiger partial charge in [-0.05, 0) is 67.3 Å². The molecule has 0 atom stereocenters. The van der Waals surface area contributed by atoms with Gasteiger partial charge in [0, 0.05) is 17.9 Å². The van der Waals surface area contributed by atoms with Crippen molar-refractivity contribution in [3.63, 3.8) is 0 Å². The van der Waals surface area contributed by atoms with Crippen LogP contribution in [0.3, 0.4) is 0 Å². The predicted molar refractivity (Wildman–Crippen MR) is 125 cm³/mol. The molecule has 0 aromatic heterocycles. The third-order valence-electron chi connectivity index (χ3n) is 8.02. The number of benzene rings is 2. The fourth-order valence-electron chi connectivity index (χ4n) is 5.62. The van der Waals surface area contributed by atoms with E-state index in [4.69, 9.17) is 9.47 Å². The summed E-state index contributed by atoms with van der Waals surface area (Å²) in [6, 6.07) is 7.58. The fraction of sp³-hybridized carbons (Fsp3) is 0.571. The highest BCUT2D eigenvalue weighted by molar-refractivity contribution is 5.34. The summed E-state index contributed by atoms with van der Waals surface area (Å²) in [5.74, 6) is -1.41. The first-order valence-corrected chi connectivity index (χ1v) is 13.0. The van der Waals surface area contributed by atoms with Crippen LogP contribution >= 0.6 is 0 Å². The Hall–Kier alpha value is -2.46. The minimum atomic E-state index is -5.11. The van der Waals surface area contributed by atoms with Crippen molar-refractivity contribution in [3.05, 3.63) is 59.4 Å². The average Bonchev–Trinajstić information content (AvgIpc) is 2.85. The van der Waals surface area contributed by atoms with Crippen molar-refractivity contribution in [2.24, 2.45) is 17.8 Å². The smallest absolute Gasteiger partial charge is 0.429 e. The van der Waals surface area contributed by atoms with Gasteiger partial charge >= 0.3 is 12.5 Å². The van der Waals surface area contributed by atoms with Gasteiger partial charge < -0.3 is 18.9 Å². The van der Waals surface area contributed by atoms with Gasteiger partial charge in [0.25, 0.3) is 0 Å². The third-order valence-corrected chi connectivity index (χ3v) is 8.02. The molecule has 1 heterocycles. The Balaban J connectivity index is 1.13. The maximum Gasteiger partial charge on any atom is 0.573 e. The zero-order valence-corrected chi connectivity index (χ0v) is 20.7. The molecule has 5 rings (SSSR count). The van der Waals surface area contributed by atoms with Gasteiger partial charge in [-0.1, -0.05) is 31.4 Å². The molecule has 0 amide bonds. The molecule has 3 fully saturated rings. The first kappa shape index (κ1) is 27.1. The van der Waals surface area contributed by atoms with E-state index in [2.05, 4.69) is 9.47 Å². The van der Waals surface area contributed by atoms with Crippen LogP contribution < -0.4 is 9.47 Å². The molecule has 1 saturated heterocycles. The van der Waals surface area contributed by atoms with E-state index in [9.17, 15) is 26.3 Å². The maximum absolute atomic E-state index is 14.7. The quantitative estimate of drug-likeness (QED) is 0.332. The molecule has 0 unspecified atom stereocenters. The second-order valence-electron chi connectivity index (χ2n) is 10.5. The zero-order chi connectivity index (χ0) is 26.9. The van der Waals surface area contributed by atoms with Gasteiger partial charge in [-0.3, -0.25) is 0 Å². The second-order valence-corrected chi connectivity index (χ2v) is 10.5. The molecule has 2 aromatic carbocycles. The van der Waals surface area contributed by atoms with Gasteiger partial charge in [-0.15, -0.1) is 13.2 Å². The highest BCUT2D eigenvalue weighted by atomic mass is 19.4. The van der Waals surface area contributed by atoms with Crippen LogP contribution in [-0.2, 0) is 15.6 Å². The van der Waals surface area contributed by atoms with E-state index >= 15 is 0 Å². The molecule has 208 valence electrons. The van der Waals surface area contributed by atoms with Crippen LogP contribution in [0, 0.1) is 23.6 Å². The largest absolute Gasteiger partial charge is 0.573 e. The Morgan fingerprint density at radius 2 is 1.37 bits per heavy atom. The number of hydrogen-bond acceptors (Lipinski definition) is 4. The number of ether oxygens (including phenoxy) is 4. The van der Waals surface area contributed by atoms with E-state index < -0.39 is 35.4 Å². The van der Waals surface area contributed by atoms with Crippen molar-refractivity contribution in [1.82, 2.24) is 0 Å². The summed E-state index contributed by atoms with van der Waals surface area (Å²) in [5.41, 5.74) is 0.495. The molecule has 2 aromatic rings. The monoisotopic (exact) mass is 544 g/mol. The second kappa shape index (κ2) is 11.0. The molecule has 38 heavy (non-hydrogen) atoms. The van der Waals surface area contributed by atoms with Crippen LogP contribution in [0.25, 0.3) is 0 Å². The van der Waals surface area contributed by atoms with E-state index in [1.54, 1.807) is 12.1 Å². The van der Waals surface area contributed by atoms with Crippen molar-refractivity contribution in [2.45, 2.75) is 69.6 Å². The first-order valence-electron chi connectivity index (χ1n) is 13.0. The first-order chi connectivity index (χ1) is 18.1. The molecular formula is C28H30F6O4. The molecule has 3 aliphatic rings. The molecule has 0 spiro atoms. The van der Waals surface area contributed by atoms with Crippen molar-refractivity contribution >= 4 is 0 Å². The predicted octanol–water partition coefficient (Wildman–Crippen LogP) is 7.92. The SMILES string of the molecule is Fc1cc(OC(F)(F)c2ccc(C3CCC(C4OCC(C5CCC5)CO4)CC3)cc2)ccc1OC(F)(F)F. The van der Waals surface area contributed by atoms with Crippen LogP contribution in [0.2, 0.25) is 0 Å². The summed E-state index contributed by atoms with van der Waals surface area (Å²) < 4.78 is 100. The number of hydrogen-bond donors (Lipinski definition) is 0. The highest BCUT2D eigenvalue weighted by Gasteiger charge is 2.38. The van der Waals surface area contributed by atoms with Gasteiger partial charge in [0.2, 0.25) is 0 Å². The summed E-state index contributed by atoms with van der Waals surface area (Å²) in [6.07, 6.45) is -1.56. The zero-order valence-electron chi connectivity index (χ0n) is 20.7. The van der Waals surface area contributed by atoms with Crippen molar-refractivity contribution in [2.75, 3.05) is 13.2 Å². The van der Waals surface area contributed by atoms with Gasteiger partial charge in [0.05, 0.1) is 18.8 Å². The van der Waals surface area contributed by atoms with Gasteiger partial charge in [-0.2, -0.15) is 8.78 Å². The summed E-state index contributed by atoms with van der Waals surface area (Å²) in [5, 5.41) is 0. The fourth-order valence-corrected chi connectivity index (χ4v) is 5.62. The summed E-state index contributed by atoms with van der Waals surface area (Å²) in [7, 11) is 0. The Morgan fingerprint density at radius 3 is 1.92 bits per heavy atom. The minimum Gasteiger partial charge on any atom is -0.429 e. The molecule has 10 heteroatoms. The van der Waals surface area contributed by atoms with E-state index in [1.165, 1.54) is 31.4 Å². The van der Waals surface area contributed by atoms with Crippen LogP contribution in [0.15, 0.2) is 42.5 Å². The lowest BCUT2D eigenvalue weighted by atomic mass is 9.75. The summed E-state index contributed by atoms with van der Waals surface area (Å²) in [4.78, 5) is 0. The highest BCUT2D eigenvalue weighted by Crippen LogP contribution is 2.42. The molecule has 1 aliphatic heterocycles. The molecule has 0 radical (unpaired) electrons. The molecule has 0 N–H and O–H groups in total. The molecular weight excluding hydrogens is 514 g/mol. The Kier molecular flexibility index (Phi) is 7.82. The lowest BCUT2D eigenvalue weighted by Gasteiger charge is -2.41. The number of alkyl halides is 5. The Morgan fingerprint density at radius 1 is 0.711 bits per heavy atom. The van der Waals surface area contributed by atoms with Crippen LogP contribution in [0.5, 0.6) is 11.5 Å². The normalized spacial score (nSPS) is 27.0. The van der Waals surface area contributed by atoms with Crippen molar-refractivity contribution in [1.29, 1.82) is 0 Å². The maximum atomic E-state index is 14.7. The minimum absolute atomic E-state index is 0.163. The molecule has 4 nitrogen and oxygen atoms in total. The van der Waals surface area contributed by atoms with Gasteiger partial charge in [0.15, 0.2) is 17.9 Å². The number of halogens is 6. The van der Waals surface area contributed by atoms with Crippen molar-refractivity contribution in [3.8, 4) is 11.5 Å². The lowest BCUT2D eigenvalue weighted by molar-refractivity contribution is -0.275. The van der Waals surface area contributed by atoms with Gasteiger partial charge in [0.1, 0.15) is 5.75 Å². The Bertz CT molecular complexity index is 1070. The third kappa shape index (κ3) is 6.39. The Labute approximate surface area is 217 Å². The summed E-state index contributed by atoms with van der Waals surface area (Å²) >= 11 is 0.